The number of hydrogen-bond donors (Lipinski definition) is 16. The Kier molecular flexibility index (Phi) is 34.7. The zero-order valence-electron chi connectivity index (χ0n) is 62.0. The van der Waals surface area contributed by atoms with Gasteiger partial charge in [0.2, 0.25) is 82.7 Å². The number of carboxylic acid groups (broad SMARTS) is 1. The Morgan fingerprint density at radius 1 is 0.514 bits per heavy atom. The monoisotopic (exact) mass is 1540 g/mol. The van der Waals surface area contributed by atoms with E-state index >= 15 is 24.0 Å². The molecule has 0 radical (unpaired) electrons. The van der Waals surface area contributed by atoms with Crippen molar-refractivity contribution in [3.8, 4) is 0 Å². The van der Waals surface area contributed by atoms with Crippen LogP contribution in [0.15, 0.2) is 35.3 Å². The van der Waals surface area contributed by atoms with Crippen LogP contribution in [0.3, 0.4) is 0 Å². The van der Waals surface area contributed by atoms with Gasteiger partial charge in [0, 0.05) is 37.7 Å². The molecule has 0 spiro atoms. The molecule has 107 heavy (non-hydrogen) atoms. The third kappa shape index (κ3) is 25.4. The number of rotatable bonds is 19. The van der Waals surface area contributed by atoms with Crippen molar-refractivity contribution in [3.63, 3.8) is 0 Å². The molecular formula is C70H110N18O17S2. The molecule has 37 heteroatoms. The van der Waals surface area contributed by atoms with E-state index in [1.165, 1.54) is 16.7 Å². The van der Waals surface area contributed by atoms with E-state index in [1.54, 1.807) is 71.9 Å². The number of hydrogen-bond acceptors (Lipinski definition) is 20. The van der Waals surface area contributed by atoms with Crippen LogP contribution >= 0.6 is 21.6 Å². The highest BCUT2D eigenvalue weighted by Gasteiger charge is 2.47. The molecule has 14 amide bonds. The second-order valence-electron chi connectivity index (χ2n) is 28.3. The SMILES string of the molecule is CC[C@H](C)[C@@H]1NC(=O)[C@@H]2CCCN2C(=O)[C@@H]2CCCN2C(=O)[C@H]([C@@H](C)CC)NC(=O)[C@@H]2CSSC[C@H](NC(=O)[C@H](C(C)C)NC(=O)[C@H]([C@H](C)O)NC(=O)[C@H](CCCCN)NC1=O)C(=O)N[C@@H](CCCN=C(N)N)C(=O)NCC(=O)N[C@@H](CC(=O)O)C(=O)N1CCC[C@H]1C(=O)N[C@@H](CCc1ccccc1)C(=O)N2. The van der Waals surface area contributed by atoms with Crippen molar-refractivity contribution in [2.45, 2.75) is 236 Å². The minimum atomic E-state index is -1.80. The maximum atomic E-state index is 15.4. The fraction of sp³-hybridized carbons (Fsp3) is 0.686. The van der Waals surface area contributed by atoms with E-state index in [-0.39, 0.29) is 102 Å². The average molecular weight is 1540 g/mol. The van der Waals surface area contributed by atoms with Gasteiger partial charge in [-0.3, -0.25) is 76.9 Å². The minimum Gasteiger partial charge on any atom is -0.481 e. The number of aliphatic hydroxyl groups is 1. The molecule has 35 nitrogen and oxygen atoms in total. The quantitative estimate of drug-likeness (QED) is 0.0280. The number of benzene rings is 1. The standard InChI is InChI=1S/C70H110N18O17S2/c1-8-38(5)54-65(101)79-43(21-13-14-28-71)59(95)85-56(40(7)89)66(102)82-53(37(3)4)64(100)81-46-35-106-107-36-47(61(97)84-55(39(6)9-2)69(105)88-32-18-25-50(88)68(104)87-31-17-24-49(87)63(99)83-54)80-58(94)44(27-26-41-19-11-10-12-20-41)78-62(98)48-23-16-30-86(48)67(103)45(33-52(91)92)76-51(90)34-75-57(93)42(77-60(46)96)22-15-29-74-70(72)73/h10-12,19-20,37-40,42-50,53-56,89H,8-9,13-18,21-36,71H2,1-7H3,(H,75,93)(H,76,90)(H,77,96)(H,78,98)(H,79,101)(H,80,94)(H,81,100)(H,82,102)(H,83,99)(H,84,97)(H,85,95)(H,91,92)(H4,72,73,74)/t38-,39-,40-,42-,43-,44-,45-,46-,47-,48-,49-,50-,53-,54-,55-,56-/m0/s1. The fourth-order valence-corrected chi connectivity index (χ4v) is 15.7. The number of nitrogens with zero attached hydrogens (tertiary/aromatic N) is 4. The molecule has 19 N–H and O–H groups in total. The van der Waals surface area contributed by atoms with Crippen LogP contribution in [-0.4, -0.2) is 255 Å². The highest BCUT2D eigenvalue weighted by atomic mass is 33.1. The van der Waals surface area contributed by atoms with Crippen molar-refractivity contribution in [3.05, 3.63) is 35.9 Å². The lowest BCUT2D eigenvalue weighted by Crippen LogP contribution is -2.63. The van der Waals surface area contributed by atoms with Gasteiger partial charge in [0.25, 0.3) is 0 Å². The first-order chi connectivity index (χ1) is 50.9. The number of aliphatic carboxylic acids is 1. The van der Waals surface area contributed by atoms with Crippen molar-refractivity contribution in [2.24, 2.45) is 39.9 Å². The van der Waals surface area contributed by atoms with Crippen molar-refractivity contribution >= 4 is 116 Å². The number of carboxylic acids is 1. The van der Waals surface area contributed by atoms with E-state index in [4.69, 9.17) is 17.2 Å². The Balaban J connectivity index is 1.51. The van der Waals surface area contributed by atoms with Gasteiger partial charge in [-0.05, 0) is 120 Å². The molecule has 0 saturated carbocycles. The molecule has 5 aliphatic rings. The highest BCUT2D eigenvalue weighted by Crippen LogP contribution is 2.29. The smallest absolute Gasteiger partial charge is 0.305 e. The summed E-state index contributed by atoms with van der Waals surface area (Å²) < 4.78 is 0. The van der Waals surface area contributed by atoms with E-state index in [0.717, 1.165) is 32.1 Å². The van der Waals surface area contributed by atoms with Gasteiger partial charge in [-0.25, -0.2) is 0 Å². The lowest BCUT2D eigenvalue weighted by molar-refractivity contribution is -0.149. The number of unbranched alkanes of at least 4 members (excludes halogenated alkanes) is 1. The van der Waals surface area contributed by atoms with Crippen molar-refractivity contribution < 1.29 is 82.1 Å². The second kappa shape index (κ2) is 42.6. The number of aliphatic imine (C=N–C) groups is 1. The van der Waals surface area contributed by atoms with Crippen LogP contribution in [-0.2, 0) is 78.3 Å². The number of fused-ring (bicyclic) bond motifs is 8. The Labute approximate surface area is 631 Å². The van der Waals surface area contributed by atoms with Gasteiger partial charge >= 0.3 is 5.97 Å². The lowest BCUT2D eigenvalue weighted by atomic mass is 9.96. The Hall–Kier alpha value is -8.84. The van der Waals surface area contributed by atoms with Gasteiger partial charge in [0.1, 0.15) is 78.5 Å². The van der Waals surface area contributed by atoms with Crippen LogP contribution in [0.1, 0.15) is 150 Å². The molecule has 1 aromatic rings. The van der Waals surface area contributed by atoms with E-state index in [9.17, 15) is 58.2 Å². The summed E-state index contributed by atoms with van der Waals surface area (Å²) in [5.74, 6) is -17.0. The molecule has 2 bridgehead atoms. The molecule has 6 rings (SSSR count). The molecular weight excluding hydrogens is 1430 g/mol. The van der Waals surface area contributed by atoms with E-state index in [0.29, 0.717) is 38.5 Å². The molecule has 0 aromatic heterocycles. The van der Waals surface area contributed by atoms with Crippen molar-refractivity contribution in [2.75, 3.05) is 50.8 Å². The number of amides is 14. The number of nitrogens with two attached hydrogens (primary N) is 3. The molecule has 16 atom stereocenters. The zero-order chi connectivity index (χ0) is 78.8. The average Bonchev–Trinajstić information content (AvgIpc) is 1.68. The number of carbonyl (C=O) groups excluding carboxylic acids is 14. The number of nitrogens with one attached hydrogen (secondary N) is 11. The van der Waals surface area contributed by atoms with Gasteiger partial charge < -0.3 is 101 Å². The van der Waals surface area contributed by atoms with Crippen LogP contribution in [0.2, 0.25) is 0 Å². The van der Waals surface area contributed by atoms with Crippen LogP contribution in [0.5, 0.6) is 0 Å². The van der Waals surface area contributed by atoms with E-state index < -0.39 is 210 Å². The third-order valence-corrected chi connectivity index (χ3v) is 22.4. The van der Waals surface area contributed by atoms with Gasteiger partial charge in [-0.1, -0.05) is 106 Å². The number of carbonyl (C=O) groups is 15. The summed E-state index contributed by atoms with van der Waals surface area (Å²) in [6.07, 6.45) is -0.0523. The van der Waals surface area contributed by atoms with Gasteiger partial charge in [0.05, 0.1) is 19.1 Å². The van der Waals surface area contributed by atoms with Gasteiger partial charge in [-0.15, -0.1) is 0 Å². The summed E-state index contributed by atoms with van der Waals surface area (Å²) in [5, 5.41) is 50.4. The predicted octanol–water partition coefficient (Wildman–Crippen LogP) is -3.25. The Morgan fingerprint density at radius 3 is 1.56 bits per heavy atom. The molecule has 594 valence electrons. The van der Waals surface area contributed by atoms with Crippen LogP contribution < -0.4 is 75.7 Å². The minimum absolute atomic E-state index is 0.0193. The van der Waals surface area contributed by atoms with Crippen molar-refractivity contribution in [1.82, 2.24) is 73.2 Å². The van der Waals surface area contributed by atoms with Gasteiger partial charge in [-0.2, -0.15) is 0 Å². The zero-order valence-corrected chi connectivity index (χ0v) is 63.7. The summed E-state index contributed by atoms with van der Waals surface area (Å²) in [6.45, 7) is 10.6. The molecule has 5 saturated heterocycles. The second-order valence-corrected chi connectivity index (χ2v) is 30.9. The molecule has 5 aliphatic heterocycles. The number of guanidine groups is 1. The first-order valence-corrected chi connectivity index (χ1v) is 39.5. The molecule has 0 aliphatic carbocycles. The normalized spacial score (nSPS) is 28.3. The molecule has 5 fully saturated rings. The van der Waals surface area contributed by atoms with Gasteiger partial charge in [0.15, 0.2) is 5.96 Å². The summed E-state index contributed by atoms with van der Waals surface area (Å²) in [5.41, 5.74) is 17.8. The number of aliphatic hydroxyl groups excluding tert-OH is 1. The third-order valence-electron chi connectivity index (χ3n) is 20.0. The predicted molar refractivity (Wildman–Crippen MR) is 397 cm³/mol. The summed E-state index contributed by atoms with van der Waals surface area (Å²) in [4.78, 5) is 227. The lowest BCUT2D eigenvalue weighted by Gasteiger charge is -2.35. The summed E-state index contributed by atoms with van der Waals surface area (Å²) >= 11 is 0. The van der Waals surface area contributed by atoms with E-state index in [2.05, 4.69) is 63.5 Å². The molecule has 5 heterocycles. The fourth-order valence-electron chi connectivity index (χ4n) is 13.4. The van der Waals surface area contributed by atoms with Crippen LogP contribution in [0, 0.1) is 17.8 Å². The van der Waals surface area contributed by atoms with Crippen LogP contribution in [0.25, 0.3) is 0 Å². The molecule has 1 aromatic carbocycles. The largest absolute Gasteiger partial charge is 0.481 e. The summed E-state index contributed by atoms with van der Waals surface area (Å²) in [7, 11) is 1.80. The van der Waals surface area contributed by atoms with Crippen LogP contribution in [0.4, 0.5) is 0 Å². The topological polar surface area (TPSA) is 529 Å². The first-order valence-electron chi connectivity index (χ1n) is 37.0. The maximum absolute atomic E-state index is 15.4. The Morgan fingerprint density at radius 2 is 0.981 bits per heavy atom. The molecule has 0 unspecified atom stereocenters. The van der Waals surface area contributed by atoms with Crippen molar-refractivity contribution in [1.29, 1.82) is 0 Å². The Bertz CT molecular complexity index is 3350. The number of aryl methyl sites for hydroxylation is 1. The maximum Gasteiger partial charge on any atom is 0.305 e. The highest BCUT2D eigenvalue weighted by molar-refractivity contribution is 8.76. The first kappa shape index (κ1) is 87.1. The van der Waals surface area contributed by atoms with E-state index in [1.807, 2.05) is 0 Å². The summed E-state index contributed by atoms with van der Waals surface area (Å²) in [6, 6.07) is -10.1.